The van der Waals surface area contributed by atoms with Gasteiger partial charge in [-0.05, 0) is 42.2 Å². The quantitative estimate of drug-likeness (QED) is 0.224. The first-order chi connectivity index (χ1) is 18.5. The van der Waals surface area contributed by atoms with Crippen LogP contribution >= 0.6 is 0 Å². The van der Waals surface area contributed by atoms with Crippen molar-refractivity contribution in [3.8, 4) is 17.2 Å². The number of ether oxygens (including phenoxy) is 2. The third-order valence-electron chi connectivity index (χ3n) is 8.09. The minimum atomic E-state index is -3.97. The molecule has 8 heteroatoms. The molecule has 0 spiro atoms. The van der Waals surface area contributed by atoms with Crippen LogP contribution in [-0.2, 0) is 14.3 Å². The molecule has 0 bridgehead atoms. The molecule has 2 atom stereocenters. The van der Waals surface area contributed by atoms with Crippen LogP contribution < -0.4 is 9.47 Å². The molecule has 7 nitrogen and oxygen atoms in total. The first-order valence-electron chi connectivity index (χ1n) is 13.0. The van der Waals surface area contributed by atoms with Crippen LogP contribution in [-0.4, -0.2) is 31.7 Å². The predicted molar refractivity (Wildman–Crippen MR) is 150 cm³/mol. The van der Waals surface area contributed by atoms with Crippen LogP contribution in [0.1, 0.15) is 50.7 Å². The van der Waals surface area contributed by atoms with E-state index in [0.717, 1.165) is 33.4 Å². The van der Waals surface area contributed by atoms with Crippen LogP contribution in [0.4, 0.5) is 0 Å². The number of methoxy groups -OCH3 is 1. The highest BCUT2D eigenvalue weighted by molar-refractivity contribution is 7.86. The molecule has 39 heavy (non-hydrogen) atoms. The van der Waals surface area contributed by atoms with Gasteiger partial charge in [0, 0.05) is 35.1 Å². The highest BCUT2D eigenvalue weighted by Gasteiger charge is 2.45. The van der Waals surface area contributed by atoms with Crippen LogP contribution in [0.2, 0.25) is 0 Å². The second-order valence-corrected chi connectivity index (χ2v) is 12.8. The molecule has 0 fully saturated rings. The van der Waals surface area contributed by atoms with Gasteiger partial charge in [0.15, 0.2) is 11.5 Å². The molecule has 1 N–H and O–H groups in total. The molecule has 2 aliphatic rings. The Morgan fingerprint density at radius 1 is 1.10 bits per heavy atom. The lowest BCUT2D eigenvalue weighted by Crippen LogP contribution is -2.40. The highest BCUT2D eigenvalue weighted by atomic mass is 32.2. The van der Waals surface area contributed by atoms with Gasteiger partial charge in [0.2, 0.25) is 5.75 Å². The van der Waals surface area contributed by atoms with E-state index in [1.165, 1.54) is 7.11 Å². The third kappa shape index (κ3) is 4.13. The molecule has 1 aromatic heterocycles. The van der Waals surface area contributed by atoms with Gasteiger partial charge in [-0.25, -0.2) is 4.98 Å². The van der Waals surface area contributed by atoms with Crippen molar-refractivity contribution in [1.82, 2.24) is 4.98 Å². The summed E-state index contributed by atoms with van der Waals surface area (Å²) in [5.74, 6) is 1.30. The molecular weight excluding hydrogens is 514 g/mol. The van der Waals surface area contributed by atoms with E-state index in [9.17, 15) is 13.5 Å². The Balaban J connectivity index is 1.45. The average molecular weight is 546 g/mol. The van der Waals surface area contributed by atoms with E-state index >= 15 is 0 Å². The van der Waals surface area contributed by atoms with E-state index in [2.05, 4.69) is 6.92 Å². The number of phenolic OH excluding ortho intramolecular Hbond substituents is 1. The molecule has 2 heterocycles. The zero-order chi connectivity index (χ0) is 27.7. The maximum absolute atomic E-state index is 13.2. The number of aryl methyl sites for hydroxylation is 1. The fourth-order valence-corrected chi connectivity index (χ4v) is 6.99. The summed E-state index contributed by atoms with van der Waals surface area (Å²) in [6, 6.07) is 16.3. The smallest absolute Gasteiger partial charge is 0.297 e. The molecule has 3 aromatic carbocycles. The van der Waals surface area contributed by atoms with Crippen molar-refractivity contribution in [2.75, 3.05) is 7.11 Å². The molecule has 0 radical (unpaired) electrons. The highest BCUT2D eigenvalue weighted by Crippen LogP contribution is 2.57. The second kappa shape index (κ2) is 8.96. The third-order valence-corrected chi connectivity index (χ3v) is 9.42. The molecule has 1 aliphatic carbocycles. The van der Waals surface area contributed by atoms with E-state index in [4.69, 9.17) is 18.6 Å². The Morgan fingerprint density at radius 3 is 2.54 bits per heavy atom. The van der Waals surface area contributed by atoms with E-state index in [-0.39, 0.29) is 22.3 Å². The lowest BCUT2D eigenvalue weighted by Gasteiger charge is -2.43. The fraction of sp³-hybridized carbons (Fsp3) is 0.323. The average Bonchev–Trinajstić information content (AvgIpc) is 2.89. The van der Waals surface area contributed by atoms with Crippen LogP contribution in [0.3, 0.4) is 0 Å². The lowest BCUT2D eigenvalue weighted by molar-refractivity contribution is 0.0550. The van der Waals surface area contributed by atoms with Gasteiger partial charge in [0.25, 0.3) is 10.1 Å². The summed E-state index contributed by atoms with van der Waals surface area (Å²) in [6.45, 7) is 7.94. The predicted octanol–water partition coefficient (Wildman–Crippen LogP) is 6.75. The number of aromatic hydroxyl groups is 1. The van der Waals surface area contributed by atoms with E-state index < -0.39 is 21.6 Å². The lowest BCUT2D eigenvalue weighted by atomic mass is 9.70. The second-order valence-electron chi connectivity index (χ2n) is 11.2. The largest absolute Gasteiger partial charge is 0.504 e. The Hall–Kier alpha value is -3.62. The standard InChI is InChI=1S/C31H31NO6S/c1-17-10-12-20(13-11-17)39(34,35)38-25-15-21-18(2)26-27-22(14-19-8-6-7-9-23(19)32-27)28(33)30(36-5)29(26)37-24(21)16-31(25,3)4/h6-14,18,25,33H,15-16H2,1-5H3. The number of pyridine rings is 1. The number of allylic oxidation sites excluding steroid dienone is 1. The van der Waals surface area contributed by atoms with Crippen LogP contribution in [0.15, 0.2) is 70.8 Å². The minimum Gasteiger partial charge on any atom is -0.504 e. The summed E-state index contributed by atoms with van der Waals surface area (Å²) in [5.41, 5.74) is 3.66. The fourth-order valence-electron chi connectivity index (χ4n) is 5.78. The zero-order valence-corrected chi connectivity index (χ0v) is 23.4. The zero-order valence-electron chi connectivity index (χ0n) is 22.6. The van der Waals surface area contributed by atoms with E-state index in [1.807, 2.05) is 51.1 Å². The van der Waals surface area contributed by atoms with Gasteiger partial charge in [-0.3, -0.25) is 4.18 Å². The van der Waals surface area contributed by atoms with Crippen LogP contribution in [0, 0.1) is 12.3 Å². The van der Waals surface area contributed by atoms with Crippen molar-refractivity contribution in [3.63, 3.8) is 0 Å². The van der Waals surface area contributed by atoms with E-state index in [1.54, 1.807) is 24.3 Å². The summed E-state index contributed by atoms with van der Waals surface area (Å²) >= 11 is 0. The number of aromatic nitrogens is 1. The van der Waals surface area contributed by atoms with Gasteiger partial charge >= 0.3 is 0 Å². The molecule has 0 saturated heterocycles. The van der Waals surface area contributed by atoms with Crippen LogP contribution in [0.25, 0.3) is 21.8 Å². The van der Waals surface area contributed by atoms with E-state index in [0.29, 0.717) is 29.5 Å². The van der Waals surface area contributed by atoms with Crippen LogP contribution in [0.5, 0.6) is 17.2 Å². The van der Waals surface area contributed by atoms with Gasteiger partial charge < -0.3 is 14.6 Å². The first-order valence-corrected chi connectivity index (χ1v) is 14.4. The van der Waals surface area contributed by atoms with Gasteiger partial charge in [0.1, 0.15) is 5.76 Å². The molecular formula is C31H31NO6S. The number of fused-ring (bicyclic) bond motifs is 4. The molecule has 202 valence electrons. The Kier molecular flexibility index (Phi) is 5.89. The Labute approximate surface area is 228 Å². The molecule has 4 aromatic rings. The normalized spacial score (nSPS) is 20.4. The molecule has 2 unspecified atom stereocenters. The van der Waals surface area contributed by atoms with Gasteiger partial charge in [-0.2, -0.15) is 8.42 Å². The SMILES string of the molecule is COc1c2c(c3nc4ccccc4cc3c1O)C(C)C1=C(CC(C)(C)C(OS(=O)(=O)c3ccc(C)cc3)C1)O2. The molecule has 0 saturated carbocycles. The summed E-state index contributed by atoms with van der Waals surface area (Å²) in [4.78, 5) is 5.07. The number of hydrogen-bond acceptors (Lipinski definition) is 7. The minimum absolute atomic E-state index is 0.0128. The molecule has 0 amide bonds. The monoisotopic (exact) mass is 545 g/mol. The number of phenols is 1. The first kappa shape index (κ1) is 25.6. The topological polar surface area (TPSA) is 95.0 Å². The summed E-state index contributed by atoms with van der Waals surface area (Å²) in [6.07, 6.45) is 0.258. The van der Waals surface area contributed by atoms with Crippen molar-refractivity contribution in [2.24, 2.45) is 5.41 Å². The number of benzene rings is 3. The number of hydrogen-bond donors (Lipinski definition) is 1. The summed E-state index contributed by atoms with van der Waals surface area (Å²) in [7, 11) is -2.46. The summed E-state index contributed by atoms with van der Waals surface area (Å²) in [5, 5.41) is 12.7. The van der Waals surface area contributed by atoms with Crippen molar-refractivity contribution < 1.29 is 27.2 Å². The Morgan fingerprint density at radius 2 is 1.82 bits per heavy atom. The maximum atomic E-state index is 13.2. The summed E-state index contributed by atoms with van der Waals surface area (Å²) < 4.78 is 44.5. The van der Waals surface area contributed by atoms with Gasteiger partial charge in [0.05, 0.1) is 29.1 Å². The van der Waals surface area contributed by atoms with Gasteiger partial charge in [-0.1, -0.05) is 56.7 Å². The number of nitrogens with zero attached hydrogens (tertiary/aromatic N) is 1. The number of rotatable bonds is 4. The Bertz CT molecular complexity index is 1770. The number of para-hydroxylation sites is 1. The maximum Gasteiger partial charge on any atom is 0.297 e. The van der Waals surface area contributed by atoms with Crippen molar-refractivity contribution in [3.05, 3.63) is 77.1 Å². The van der Waals surface area contributed by atoms with Crippen molar-refractivity contribution in [1.29, 1.82) is 0 Å². The van der Waals surface area contributed by atoms with Crippen molar-refractivity contribution >= 4 is 31.9 Å². The molecule has 1 aliphatic heterocycles. The van der Waals surface area contributed by atoms with Crippen molar-refractivity contribution in [2.45, 2.75) is 57.5 Å². The van der Waals surface area contributed by atoms with Gasteiger partial charge in [-0.15, -0.1) is 0 Å². The molecule has 6 rings (SSSR count).